The van der Waals surface area contributed by atoms with E-state index in [0.717, 1.165) is 27.7 Å². The molecule has 2 saturated heterocycles. The average molecular weight is 493 g/mol. The zero-order valence-electron chi connectivity index (χ0n) is 19.0. The fourth-order valence-corrected chi connectivity index (χ4v) is 3.73. The molecule has 0 aromatic rings. The summed E-state index contributed by atoms with van der Waals surface area (Å²) in [6.45, 7) is 2.98. The molecule has 2 rings (SSSR count). The fraction of sp³-hybridized carbons (Fsp3) is 0.750. The molecule has 0 aliphatic carbocycles. The van der Waals surface area contributed by atoms with E-state index >= 15 is 0 Å². The highest BCUT2D eigenvalue weighted by molar-refractivity contribution is 5.68. The largest absolute Gasteiger partial charge is 0.463 e. The van der Waals surface area contributed by atoms with Gasteiger partial charge in [-0.05, 0) is 0 Å². The second kappa shape index (κ2) is 11.9. The van der Waals surface area contributed by atoms with Crippen LogP contribution >= 0.6 is 0 Å². The van der Waals surface area contributed by atoms with Gasteiger partial charge in [0.2, 0.25) is 0 Å². The molecule has 0 amide bonds. The van der Waals surface area contributed by atoms with Crippen LogP contribution in [-0.4, -0.2) is 112 Å². The SMILES string of the molecule is CC(=O)OC[C@H]1O[C@H]([C]2O[C@H](CO)[C@@H](O)[C@H](O)[C@H]2O)[C@H](OC(C)=O)[C@@H](OC(C)=O)[C@@H]1OC(C)=O. The third-order valence-corrected chi connectivity index (χ3v) is 5.08. The van der Waals surface area contributed by atoms with Gasteiger partial charge in [0.1, 0.15) is 43.2 Å². The summed E-state index contributed by atoms with van der Waals surface area (Å²) in [6, 6.07) is 0. The van der Waals surface area contributed by atoms with Crippen LogP contribution in [-0.2, 0) is 47.6 Å². The lowest BCUT2D eigenvalue weighted by Crippen LogP contribution is -2.67. The van der Waals surface area contributed by atoms with Crippen LogP contribution in [0.4, 0.5) is 0 Å². The number of aliphatic hydroxyl groups is 4. The maximum Gasteiger partial charge on any atom is 0.303 e. The van der Waals surface area contributed by atoms with Gasteiger partial charge < -0.3 is 48.8 Å². The van der Waals surface area contributed by atoms with Gasteiger partial charge in [0, 0.05) is 27.7 Å². The van der Waals surface area contributed by atoms with Crippen LogP contribution in [0.2, 0.25) is 0 Å². The Hall–Kier alpha value is -2.36. The molecule has 14 heteroatoms. The van der Waals surface area contributed by atoms with E-state index in [2.05, 4.69) is 0 Å². The molecule has 0 bridgehead atoms. The van der Waals surface area contributed by atoms with Gasteiger partial charge in [0.25, 0.3) is 0 Å². The average Bonchev–Trinajstić information content (AvgIpc) is 2.73. The van der Waals surface area contributed by atoms with Crippen molar-refractivity contribution in [1.82, 2.24) is 0 Å². The van der Waals surface area contributed by atoms with E-state index in [9.17, 15) is 39.6 Å². The zero-order valence-corrected chi connectivity index (χ0v) is 19.0. The Labute approximate surface area is 194 Å². The topological polar surface area (TPSA) is 205 Å². The molecule has 0 aromatic carbocycles. The van der Waals surface area contributed by atoms with E-state index in [-0.39, 0.29) is 0 Å². The summed E-state index contributed by atoms with van der Waals surface area (Å²) in [4.78, 5) is 46.9. The number of ether oxygens (including phenoxy) is 6. The third kappa shape index (κ3) is 6.61. The smallest absolute Gasteiger partial charge is 0.303 e. The highest BCUT2D eigenvalue weighted by Gasteiger charge is 2.59. The molecule has 0 spiro atoms. The van der Waals surface area contributed by atoms with Crippen molar-refractivity contribution < 1.29 is 68.0 Å². The van der Waals surface area contributed by atoms with Crippen molar-refractivity contribution in [2.24, 2.45) is 0 Å². The zero-order chi connectivity index (χ0) is 25.7. The second-order valence-corrected chi connectivity index (χ2v) is 7.79. The first-order valence-electron chi connectivity index (χ1n) is 10.4. The van der Waals surface area contributed by atoms with Gasteiger partial charge >= 0.3 is 23.9 Å². The summed E-state index contributed by atoms with van der Waals surface area (Å²) < 4.78 is 32.1. The van der Waals surface area contributed by atoms with Gasteiger partial charge in [0.15, 0.2) is 24.4 Å². The van der Waals surface area contributed by atoms with Gasteiger partial charge in [-0.25, -0.2) is 0 Å². The summed E-state index contributed by atoms with van der Waals surface area (Å²) in [6.07, 6.45) is -14.7. The lowest BCUT2D eigenvalue weighted by atomic mass is 9.85. The molecular weight excluding hydrogens is 464 g/mol. The first-order chi connectivity index (χ1) is 15.9. The van der Waals surface area contributed by atoms with E-state index in [1.165, 1.54) is 0 Å². The minimum absolute atomic E-state index is 0.464. The predicted octanol–water partition coefficient (Wildman–Crippen LogP) is -2.88. The minimum Gasteiger partial charge on any atom is -0.463 e. The Balaban J connectivity index is 2.54. The molecule has 2 heterocycles. The lowest BCUT2D eigenvalue weighted by Gasteiger charge is -2.49. The van der Waals surface area contributed by atoms with Gasteiger partial charge in [-0.1, -0.05) is 0 Å². The maximum atomic E-state index is 11.9. The number of carbonyl (C=O) groups excluding carboxylic acids is 4. The molecule has 34 heavy (non-hydrogen) atoms. The molecule has 2 aliphatic rings. The summed E-state index contributed by atoms with van der Waals surface area (Å²) in [5.41, 5.74) is 0. The number of rotatable bonds is 7. The molecule has 193 valence electrons. The Morgan fingerprint density at radius 2 is 1.29 bits per heavy atom. The predicted molar refractivity (Wildman–Crippen MR) is 105 cm³/mol. The maximum absolute atomic E-state index is 11.9. The van der Waals surface area contributed by atoms with Crippen LogP contribution in [0.3, 0.4) is 0 Å². The second-order valence-electron chi connectivity index (χ2n) is 7.79. The Morgan fingerprint density at radius 3 is 1.79 bits per heavy atom. The Morgan fingerprint density at radius 1 is 0.765 bits per heavy atom. The van der Waals surface area contributed by atoms with Crippen LogP contribution in [0, 0.1) is 6.10 Å². The molecule has 2 aliphatic heterocycles. The van der Waals surface area contributed by atoms with E-state index in [1.54, 1.807) is 0 Å². The fourth-order valence-electron chi connectivity index (χ4n) is 3.73. The van der Waals surface area contributed by atoms with Gasteiger partial charge in [-0.2, -0.15) is 0 Å². The van der Waals surface area contributed by atoms with Crippen molar-refractivity contribution in [3.63, 3.8) is 0 Å². The summed E-state index contributed by atoms with van der Waals surface area (Å²) in [5, 5.41) is 40.3. The number of carbonyl (C=O) groups is 4. The van der Waals surface area contributed by atoms with E-state index in [4.69, 9.17) is 28.4 Å². The number of hydrogen-bond acceptors (Lipinski definition) is 14. The van der Waals surface area contributed by atoms with Crippen molar-refractivity contribution in [3.8, 4) is 0 Å². The van der Waals surface area contributed by atoms with Crippen LogP contribution in [0.1, 0.15) is 27.7 Å². The molecule has 2 fully saturated rings. The normalized spacial score (nSPS) is 36.3. The number of hydrogen-bond donors (Lipinski definition) is 4. The monoisotopic (exact) mass is 493 g/mol. The van der Waals surface area contributed by atoms with Crippen molar-refractivity contribution >= 4 is 23.9 Å². The standard InChI is InChI=1S/C20H29O14/c1-7(22)29-6-12-16(30-8(2)23)18(31-9(3)24)20(32-10(4)25)19(34-12)17-15(28)14(27)13(26)11(5-21)33-17/h11-16,18-21,26-28H,5-6H2,1-4H3/t11-,12-,13-,14+,15-,16-,18+,19-,20-/m1/s1. The highest BCUT2D eigenvalue weighted by atomic mass is 16.7. The molecule has 0 saturated carbocycles. The summed E-state index contributed by atoms with van der Waals surface area (Å²) in [5.74, 6) is -3.27. The molecule has 14 nitrogen and oxygen atoms in total. The lowest BCUT2D eigenvalue weighted by molar-refractivity contribution is -0.278. The first kappa shape index (κ1) is 27.9. The Kier molecular flexibility index (Phi) is 9.73. The van der Waals surface area contributed by atoms with E-state index in [1.807, 2.05) is 0 Å². The highest BCUT2D eigenvalue weighted by Crippen LogP contribution is 2.38. The van der Waals surface area contributed by atoms with Crippen molar-refractivity contribution in [2.45, 2.75) is 82.6 Å². The quantitative estimate of drug-likeness (QED) is 0.208. The van der Waals surface area contributed by atoms with Crippen LogP contribution in [0.15, 0.2) is 0 Å². The van der Waals surface area contributed by atoms with Crippen molar-refractivity contribution in [1.29, 1.82) is 0 Å². The van der Waals surface area contributed by atoms with E-state index < -0.39 is 98.1 Å². The van der Waals surface area contributed by atoms with Crippen LogP contribution in [0.5, 0.6) is 0 Å². The number of aliphatic hydroxyl groups excluding tert-OH is 4. The first-order valence-corrected chi connectivity index (χ1v) is 10.4. The number of esters is 4. The van der Waals surface area contributed by atoms with Gasteiger partial charge in [0.05, 0.1) is 6.61 Å². The molecular formula is C20H29O14. The van der Waals surface area contributed by atoms with Crippen molar-refractivity contribution in [2.75, 3.05) is 13.2 Å². The molecule has 0 aromatic heterocycles. The van der Waals surface area contributed by atoms with Gasteiger partial charge in [-0.15, -0.1) is 0 Å². The molecule has 4 N–H and O–H groups in total. The van der Waals surface area contributed by atoms with Crippen LogP contribution in [0.25, 0.3) is 0 Å². The molecule has 1 radical (unpaired) electrons. The van der Waals surface area contributed by atoms with Gasteiger partial charge in [-0.3, -0.25) is 19.2 Å². The minimum atomic E-state index is -1.89. The van der Waals surface area contributed by atoms with E-state index in [0.29, 0.717) is 0 Å². The summed E-state index contributed by atoms with van der Waals surface area (Å²) >= 11 is 0. The third-order valence-electron chi connectivity index (χ3n) is 5.08. The Bertz CT molecular complexity index is 754. The molecule has 0 unspecified atom stereocenters. The summed E-state index contributed by atoms with van der Waals surface area (Å²) in [7, 11) is 0. The molecule has 9 atom stereocenters. The van der Waals surface area contributed by atoms with Crippen molar-refractivity contribution in [3.05, 3.63) is 6.10 Å². The van der Waals surface area contributed by atoms with Crippen LogP contribution < -0.4 is 0 Å².